The molecule has 0 saturated carbocycles. The smallest absolute Gasteiger partial charge is 0.407 e. The van der Waals surface area contributed by atoms with Gasteiger partial charge in [0.1, 0.15) is 5.60 Å². The summed E-state index contributed by atoms with van der Waals surface area (Å²) in [6.07, 6.45) is -0.451. The molecule has 0 fully saturated rings. The SMILES string of the molecule is CC(=O)NCCOCCOCCNC(=O)OC(C)(C)C.[HH].[HH]. The number of nitrogens with one attached hydrogen (secondary N) is 2. The second-order valence-corrected chi connectivity index (χ2v) is 5.14. The van der Waals surface area contributed by atoms with Gasteiger partial charge in [0.25, 0.3) is 0 Å². The summed E-state index contributed by atoms with van der Waals surface area (Å²) >= 11 is 0. The minimum absolute atomic E-state index is 0. The van der Waals surface area contributed by atoms with Gasteiger partial charge in [-0.3, -0.25) is 4.79 Å². The van der Waals surface area contributed by atoms with E-state index >= 15 is 0 Å². The highest BCUT2D eigenvalue weighted by Crippen LogP contribution is 2.05. The Morgan fingerprint density at radius 2 is 1.45 bits per heavy atom. The predicted molar refractivity (Wildman–Crippen MR) is 78.8 cm³/mol. The van der Waals surface area contributed by atoms with Crippen LogP contribution in [0.25, 0.3) is 0 Å². The molecule has 7 nitrogen and oxygen atoms in total. The van der Waals surface area contributed by atoms with Crippen molar-refractivity contribution in [3.05, 3.63) is 0 Å². The van der Waals surface area contributed by atoms with Gasteiger partial charge in [0, 0.05) is 22.9 Å². The molecule has 0 aliphatic heterocycles. The summed E-state index contributed by atoms with van der Waals surface area (Å²) in [5.41, 5.74) is -0.493. The quantitative estimate of drug-likeness (QED) is 0.624. The molecule has 0 spiro atoms. The predicted octanol–water partition coefficient (Wildman–Crippen LogP) is 1.17. The summed E-state index contributed by atoms with van der Waals surface area (Å²) in [7, 11) is 0. The van der Waals surface area contributed by atoms with E-state index in [1.165, 1.54) is 6.92 Å². The molecule has 2 amide bonds. The van der Waals surface area contributed by atoms with Crippen LogP contribution in [-0.2, 0) is 19.0 Å². The van der Waals surface area contributed by atoms with Crippen molar-refractivity contribution in [3.63, 3.8) is 0 Å². The molecule has 0 aromatic carbocycles. The van der Waals surface area contributed by atoms with Crippen LogP contribution in [0.4, 0.5) is 4.79 Å². The molecule has 0 aromatic heterocycles. The van der Waals surface area contributed by atoms with E-state index in [0.29, 0.717) is 39.5 Å². The van der Waals surface area contributed by atoms with Gasteiger partial charge in [-0.2, -0.15) is 0 Å². The number of ether oxygens (including phenoxy) is 3. The normalized spacial score (nSPS) is 11.0. The Bertz CT molecular complexity index is 299. The molecule has 0 aliphatic carbocycles. The summed E-state index contributed by atoms with van der Waals surface area (Å²) < 4.78 is 15.5. The first-order valence-electron chi connectivity index (χ1n) is 6.68. The Labute approximate surface area is 123 Å². The number of carbonyl (C=O) groups is 2. The lowest BCUT2D eigenvalue weighted by molar-refractivity contribution is -0.119. The van der Waals surface area contributed by atoms with Crippen LogP contribution in [0.5, 0.6) is 0 Å². The summed E-state index contributed by atoms with van der Waals surface area (Å²) in [5, 5.41) is 5.21. The minimum Gasteiger partial charge on any atom is -0.444 e. The maximum Gasteiger partial charge on any atom is 0.407 e. The Morgan fingerprint density at radius 1 is 0.950 bits per heavy atom. The van der Waals surface area contributed by atoms with Crippen LogP contribution in [0.15, 0.2) is 0 Å². The molecular weight excluding hydrogens is 264 g/mol. The van der Waals surface area contributed by atoms with E-state index in [1.54, 1.807) is 20.8 Å². The Morgan fingerprint density at radius 3 is 1.90 bits per heavy atom. The highest BCUT2D eigenvalue weighted by molar-refractivity contribution is 5.72. The second kappa shape index (κ2) is 10.4. The molecule has 20 heavy (non-hydrogen) atoms. The van der Waals surface area contributed by atoms with Crippen LogP contribution in [-0.4, -0.2) is 57.1 Å². The molecule has 0 rings (SSSR count). The van der Waals surface area contributed by atoms with Gasteiger partial charge in [-0.15, -0.1) is 0 Å². The van der Waals surface area contributed by atoms with Gasteiger partial charge in [0.05, 0.1) is 26.4 Å². The molecule has 0 aromatic rings. The van der Waals surface area contributed by atoms with Crippen molar-refractivity contribution in [2.75, 3.05) is 39.5 Å². The number of amides is 2. The van der Waals surface area contributed by atoms with Crippen LogP contribution in [0.1, 0.15) is 30.5 Å². The van der Waals surface area contributed by atoms with Gasteiger partial charge in [-0.25, -0.2) is 4.79 Å². The second-order valence-electron chi connectivity index (χ2n) is 5.14. The maximum absolute atomic E-state index is 11.3. The zero-order chi connectivity index (χ0) is 15.4. The van der Waals surface area contributed by atoms with Gasteiger partial charge in [0.2, 0.25) is 5.91 Å². The van der Waals surface area contributed by atoms with E-state index in [4.69, 9.17) is 14.2 Å². The van der Waals surface area contributed by atoms with Crippen LogP contribution in [0.2, 0.25) is 0 Å². The van der Waals surface area contributed by atoms with Crippen molar-refractivity contribution in [3.8, 4) is 0 Å². The standard InChI is InChI=1S/C13H26N2O5.2H2/c1-11(16)14-5-7-18-9-10-19-8-6-15-12(17)20-13(2,3)4;;/h5-10H2,1-4H3,(H,14,16)(H,15,17);2*1H. The fourth-order valence-electron chi connectivity index (χ4n) is 1.16. The fraction of sp³-hybridized carbons (Fsp3) is 0.846. The van der Waals surface area contributed by atoms with Crippen LogP contribution >= 0.6 is 0 Å². The lowest BCUT2D eigenvalue weighted by Crippen LogP contribution is -2.34. The van der Waals surface area contributed by atoms with Gasteiger partial charge in [-0.1, -0.05) is 0 Å². The van der Waals surface area contributed by atoms with Gasteiger partial charge in [0.15, 0.2) is 0 Å². The molecule has 0 unspecified atom stereocenters. The molecule has 7 heteroatoms. The molecule has 0 heterocycles. The van der Waals surface area contributed by atoms with Crippen LogP contribution < -0.4 is 10.6 Å². The fourth-order valence-corrected chi connectivity index (χ4v) is 1.16. The first kappa shape index (κ1) is 18.7. The number of carbonyl (C=O) groups excluding carboxylic acids is 2. The molecule has 0 saturated heterocycles. The molecule has 0 bridgehead atoms. The molecule has 2 N–H and O–H groups in total. The van der Waals surface area contributed by atoms with E-state index in [1.807, 2.05) is 0 Å². The highest BCUT2D eigenvalue weighted by atomic mass is 16.6. The molecule has 0 atom stereocenters. The monoisotopic (exact) mass is 294 g/mol. The van der Waals surface area contributed by atoms with Crippen molar-refractivity contribution in [2.45, 2.75) is 33.3 Å². The first-order valence-corrected chi connectivity index (χ1v) is 6.68. The molecule has 122 valence electrons. The van der Waals surface area contributed by atoms with E-state index in [-0.39, 0.29) is 8.76 Å². The Kier molecular flexibility index (Phi) is 9.75. The van der Waals surface area contributed by atoms with Crippen molar-refractivity contribution >= 4 is 12.0 Å². The molecule has 0 aliphatic rings. The first-order chi connectivity index (χ1) is 9.31. The van der Waals surface area contributed by atoms with Gasteiger partial charge < -0.3 is 24.8 Å². The van der Waals surface area contributed by atoms with Crippen molar-refractivity contribution in [1.82, 2.24) is 10.6 Å². The third-order valence-electron chi connectivity index (χ3n) is 1.91. The lowest BCUT2D eigenvalue weighted by atomic mass is 10.2. The van der Waals surface area contributed by atoms with Crippen molar-refractivity contribution in [1.29, 1.82) is 0 Å². The third-order valence-corrected chi connectivity index (χ3v) is 1.91. The zero-order valence-corrected chi connectivity index (χ0v) is 12.8. The van der Waals surface area contributed by atoms with Crippen molar-refractivity contribution in [2.24, 2.45) is 0 Å². The average Bonchev–Trinajstić information content (AvgIpc) is 2.28. The number of hydrogen-bond acceptors (Lipinski definition) is 5. The average molecular weight is 294 g/mol. The Hall–Kier alpha value is -1.34. The van der Waals surface area contributed by atoms with E-state index < -0.39 is 11.7 Å². The maximum atomic E-state index is 11.3. The number of hydrogen-bond donors (Lipinski definition) is 2. The summed E-state index contributed by atoms with van der Waals surface area (Å²) in [6.45, 7) is 9.51. The summed E-state index contributed by atoms with van der Waals surface area (Å²) in [4.78, 5) is 21.8. The Balaban J connectivity index is -0.00000180. The van der Waals surface area contributed by atoms with E-state index in [9.17, 15) is 9.59 Å². The minimum atomic E-state index is -0.493. The zero-order valence-electron chi connectivity index (χ0n) is 12.8. The van der Waals surface area contributed by atoms with E-state index in [0.717, 1.165) is 0 Å². The number of rotatable bonds is 9. The van der Waals surface area contributed by atoms with Gasteiger partial charge >= 0.3 is 6.09 Å². The largest absolute Gasteiger partial charge is 0.444 e. The van der Waals surface area contributed by atoms with Crippen molar-refractivity contribution < 1.29 is 26.7 Å². The molecule has 0 radical (unpaired) electrons. The highest BCUT2D eigenvalue weighted by Gasteiger charge is 2.15. The topological polar surface area (TPSA) is 85.9 Å². The van der Waals surface area contributed by atoms with E-state index in [2.05, 4.69) is 10.6 Å². The summed E-state index contributed by atoms with van der Waals surface area (Å²) in [5.74, 6) is -0.0712. The molecular formula is C13H30N2O5. The number of alkyl carbamates (subject to hydrolysis) is 1. The lowest BCUT2D eigenvalue weighted by Gasteiger charge is -2.19. The van der Waals surface area contributed by atoms with Crippen LogP contribution in [0, 0.1) is 0 Å². The van der Waals surface area contributed by atoms with Gasteiger partial charge in [-0.05, 0) is 20.8 Å². The van der Waals surface area contributed by atoms with Crippen LogP contribution in [0.3, 0.4) is 0 Å². The third kappa shape index (κ3) is 14.7. The summed E-state index contributed by atoms with van der Waals surface area (Å²) in [6, 6.07) is 0.